The third kappa shape index (κ3) is 2.87. The standard InChI is InChI=1S/C10H21N3O/c1-3-8(7-9(11)13-14)12-10(2)5-4-6-10/h8,12,14H,3-7H2,1-2H3,(H2,11,13). The number of nitrogens with one attached hydrogen (secondary N) is 1. The van der Waals surface area contributed by atoms with Gasteiger partial charge >= 0.3 is 0 Å². The minimum atomic E-state index is 0.288. The lowest BCUT2D eigenvalue weighted by Gasteiger charge is -2.42. The van der Waals surface area contributed by atoms with Gasteiger partial charge in [0.2, 0.25) is 0 Å². The molecule has 0 amide bonds. The smallest absolute Gasteiger partial charge is 0.140 e. The molecule has 1 fully saturated rings. The highest BCUT2D eigenvalue weighted by Gasteiger charge is 2.33. The predicted octanol–water partition coefficient (Wildman–Crippen LogP) is 1.43. The van der Waals surface area contributed by atoms with Gasteiger partial charge in [-0.15, -0.1) is 0 Å². The van der Waals surface area contributed by atoms with Crippen LogP contribution >= 0.6 is 0 Å². The molecule has 1 atom stereocenters. The minimum Gasteiger partial charge on any atom is -0.409 e. The maximum Gasteiger partial charge on any atom is 0.140 e. The van der Waals surface area contributed by atoms with Crippen LogP contribution in [0.3, 0.4) is 0 Å². The van der Waals surface area contributed by atoms with Crippen molar-refractivity contribution < 1.29 is 5.21 Å². The maximum atomic E-state index is 8.48. The summed E-state index contributed by atoms with van der Waals surface area (Å²) in [6.07, 6.45) is 5.41. The third-order valence-corrected chi connectivity index (χ3v) is 3.09. The van der Waals surface area contributed by atoms with Crippen molar-refractivity contribution in [1.82, 2.24) is 5.32 Å². The number of nitrogens with two attached hydrogens (primary N) is 1. The van der Waals surface area contributed by atoms with Crippen LogP contribution in [-0.4, -0.2) is 22.6 Å². The number of rotatable bonds is 5. The number of amidine groups is 1. The Kier molecular flexibility index (Phi) is 3.75. The van der Waals surface area contributed by atoms with Crippen LogP contribution in [0.2, 0.25) is 0 Å². The van der Waals surface area contributed by atoms with E-state index in [-0.39, 0.29) is 5.54 Å². The minimum absolute atomic E-state index is 0.288. The molecule has 0 spiro atoms. The zero-order valence-electron chi connectivity index (χ0n) is 9.08. The molecule has 0 aliphatic heterocycles. The van der Waals surface area contributed by atoms with Crippen LogP contribution in [-0.2, 0) is 0 Å². The normalized spacial score (nSPS) is 22.9. The van der Waals surface area contributed by atoms with Crippen LogP contribution in [0.1, 0.15) is 46.0 Å². The summed E-state index contributed by atoms with van der Waals surface area (Å²) in [7, 11) is 0. The van der Waals surface area contributed by atoms with Crippen LogP contribution in [0, 0.1) is 0 Å². The summed E-state index contributed by atoms with van der Waals surface area (Å²) in [5.41, 5.74) is 5.78. The van der Waals surface area contributed by atoms with Gasteiger partial charge in [0.05, 0.1) is 0 Å². The molecule has 1 aliphatic rings. The van der Waals surface area contributed by atoms with E-state index in [1.165, 1.54) is 19.3 Å². The molecular formula is C10H21N3O. The van der Waals surface area contributed by atoms with E-state index in [0.29, 0.717) is 18.3 Å². The van der Waals surface area contributed by atoms with Gasteiger partial charge < -0.3 is 16.3 Å². The van der Waals surface area contributed by atoms with Crippen molar-refractivity contribution >= 4 is 5.84 Å². The van der Waals surface area contributed by atoms with Gasteiger partial charge in [-0.25, -0.2) is 0 Å². The Morgan fingerprint density at radius 3 is 2.64 bits per heavy atom. The summed E-state index contributed by atoms with van der Waals surface area (Å²) in [5, 5.41) is 15.1. The monoisotopic (exact) mass is 199 g/mol. The number of hydrogen-bond acceptors (Lipinski definition) is 3. The van der Waals surface area contributed by atoms with Crippen molar-refractivity contribution in [1.29, 1.82) is 0 Å². The molecule has 1 rings (SSSR count). The molecule has 0 saturated heterocycles. The Balaban J connectivity index is 2.38. The van der Waals surface area contributed by atoms with Crippen LogP contribution in [0.15, 0.2) is 5.16 Å². The second kappa shape index (κ2) is 4.64. The third-order valence-electron chi connectivity index (χ3n) is 3.09. The van der Waals surface area contributed by atoms with Crippen molar-refractivity contribution in [3.8, 4) is 0 Å². The molecule has 4 nitrogen and oxygen atoms in total. The summed E-state index contributed by atoms with van der Waals surface area (Å²) in [6, 6.07) is 0.330. The molecule has 0 aromatic carbocycles. The highest BCUT2D eigenvalue weighted by atomic mass is 16.4. The van der Waals surface area contributed by atoms with Gasteiger partial charge in [0.1, 0.15) is 5.84 Å². The molecule has 0 aromatic heterocycles. The Hall–Kier alpha value is -0.770. The predicted molar refractivity (Wildman–Crippen MR) is 57.5 cm³/mol. The van der Waals surface area contributed by atoms with E-state index < -0.39 is 0 Å². The molecule has 1 saturated carbocycles. The van der Waals surface area contributed by atoms with Crippen LogP contribution in [0.4, 0.5) is 0 Å². The Labute approximate surface area is 85.6 Å². The van der Waals surface area contributed by atoms with Crippen LogP contribution in [0.25, 0.3) is 0 Å². The van der Waals surface area contributed by atoms with E-state index in [1.807, 2.05) is 0 Å². The lowest BCUT2D eigenvalue weighted by atomic mass is 9.78. The molecule has 82 valence electrons. The molecule has 0 aromatic rings. The van der Waals surface area contributed by atoms with Crippen LogP contribution < -0.4 is 11.1 Å². The molecule has 0 heterocycles. The molecule has 1 aliphatic carbocycles. The van der Waals surface area contributed by atoms with E-state index in [4.69, 9.17) is 10.9 Å². The zero-order chi connectivity index (χ0) is 10.6. The quantitative estimate of drug-likeness (QED) is 0.271. The number of nitrogens with zero attached hydrogens (tertiary/aromatic N) is 1. The second-order valence-electron chi connectivity index (χ2n) is 4.46. The van der Waals surface area contributed by atoms with Crippen molar-refractivity contribution in [2.45, 2.75) is 57.5 Å². The van der Waals surface area contributed by atoms with Crippen molar-refractivity contribution in [3.63, 3.8) is 0 Å². The summed E-state index contributed by atoms with van der Waals surface area (Å²) < 4.78 is 0. The molecule has 14 heavy (non-hydrogen) atoms. The molecule has 1 unspecified atom stereocenters. The van der Waals surface area contributed by atoms with Gasteiger partial charge in [0.15, 0.2) is 0 Å². The average Bonchev–Trinajstić information content (AvgIpc) is 2.14. The Bertz CT molecular complexity index is 211. The summed E-state index contributed by atoms with van der Waals surface area (Å²) >= 11 is 0. The van der Waals surface area contributed by atoms with Crippen molar-refractivity contribution in [2.24, 2.45) is 10.9 Å². The highest BCUT2D eigenvalue weighted by molar-refractivity contribution is 5.80. The molecule has 0 radical (unpaired) electrons. The van der Waals surface area contributed by atoms with E-state index >= 15 is 0 Å². The van der Waals surface area contributed by atoms with E-state index in [1.54, 1.807) is 0 Å². The second-order valence-corrected chi connectivity index (χ2v) is 4.46. The van der Waals surface area contributed by atoms with Gasteiger partial charge in [-0.1, -0.05) is 12.1 Å². The number of hydrogen-bond donors (Lipinski definition) is 3. The molecule has 4 N–H and O–H groups in total. The first kappa shape index (κ1) is 11.3. The van der Waals surface area contributed by atoms with E-state index in [2.05, 4.69) is 24.3 Å². The average molecular weight is 199 g/mol. The molecule has 4 heteroatoms. The van der Waals surface area contributed by atoms with Gasteiger partial charge in [0, 0.05) is 18.0 Å². The summed E-state index contributed by atoms with van der Waals surface area (Å²) in [5.74, 6) is 0.312. The SMILES string of the molecule is CCC(CC(N)=NO)NC1(C)CCC1. The topological polar surface area (TPSA) is 70.6 Å². The maximum absolute atomic E-state index is 8.48. The summed E-state index contributed by atoms with van der Waals surface area (Å²) in [4.78, 5) is 0. The Morgan fingerprint density at radius 2 is 2.29 bits per heavy atom. The van der Waals surface area contributed by atoms with Crippen molar-refractivity contribution in [2.75, 3.05) is 0 Å². The zero-order valence-corrected chi connectivity index (χ0v) is 9.08. The van der Waals surface area contributed by atoms with Gasteiger partial charge in [-0.2, -0.15) is 0 Å². The first-order chi connectivity index (χ1) is 6.59. The summed E-state index contributed by atoms with van der Waals surface area (Å²) in [6.45, 7) is 4.36. The molecule has 0 bridgehead atoms. The fourth-order valence-corrected chi connectivity index (χ4v) is 1.93. The largest absolute Gasteiger partial charge is 0.409 e. The Morgan fingerprint density at radius 1 is 1.64 bits per heavy atom. The highest BCUT2D eigenvalue weighted by Crippen LogP contribution is 2.31. The van der Waals surface area contributed by atoms with Gasteiger partial charge in [-0.3, -0.25) is 0 Å². The fourth-order valence-electron chi connectivity index (χ4n) is 1.93. The lowest BCUT2D eigenvalue weighted by Crippen LogP contribution is -2.53. The van der Waals surface area contributed by atoms with Crippen LogP contribution in [0.5, 0.6) is 0 Å². The molecular weight excluding hydrogens is 178 g/mol. The van der Waals surface area contributed by atoms with Gasteiger partial charge in [0.25, 0.3) is 0 Å². The van der Waals surface area contributed by atoms with Crippen molar-refractivity contribution in [3.05, 3.63) is 0 Å². The van der Waals surface area contributed by atoms with E-state index in [9.17, 15) is 0 Å². The first-order valence-corrected chi connectivity index (χ1v) is 5.34. The van der Waals surface area contributed by atoms with Gasteiger partial charge in [-0.05, 0) is 32.6 Å². The number of oxime groups is 1. The fraction of sp³-hybridized carbons (Fsp3) is 0.900. The van der Waals surface area contributed by atoms with E-state index in [0.717, 1.165) is 6.42 Å². The lowest BCUT2D eigenvalue weighted by molar-refractivity contribution is 0.184. The first-order valence-electron chi connectivity index (χ1n) is 5.34.